The minimum Gasteiger partial charge on any atom is -0.489 e. The standard InChI is InChI=1S/C17H13NO2S/c19-11-17-18-10-16(21-17)14-6-8-15(9-7-14)20-12-13-4-2-1-3-5-13/h1-11H,12H2. The van der Waals surface area contributed by atoms with E-state index in [9.17, 15) is 4.79 Å². The molecule has 0 saturated carbocycles. The van der Waals surface area contributed by atoms with Crippen molar-refractivity contribution in [1.82, 2.24) is 4.98 Å². The summed E-state index contributed by atoms with van der Waals surface area (Å²) < 4.78 is 5.74. The fraction of sp³-hybridized carbons (Fsp3) is 0.0588. The molecule has 0 aliphatic rings. The van der Waals surface area contributed by atoms with Crippen LogP contribution in [0.25, 0.3) is 10.4 Å². The third kappa shape index (κ3) is 3.35. The Morgan fingerprint density at radius 3 is 2.48 bits per heavy atom. The van der Waals surface area contributed by atoms with E-state index in [1.165, 1.54) is 11.3 Å². The Kier molecular flexibility index (Phi) is 4.07. The molecule has 0 radical (unpaired) electrons. The largest absolute Gasteiger partial charge is 0.489 e. The van der Waals surface area contributed by atoms with Gasteiger partial charge in [0.25, 0.3) is 0 Å². The highest BCUT2D eigenvalue weighted by molar-refractivity contribution is 7.16. The normalized spacial score (nSPS) is 10.3. The minimum atomic E-state index is 0.495. The molecule has 0 amide bonds. The van der Waals surface area contributed by atoms with Crippen molar-refractivity contribution >= 4 is 17.6 Å². The third-order valence-electron chi connectivity index (χ3n) is 3.01. The van der Waals surface area contributed by atoms with Crippen LogP contribution < -0.4 is 4.74 Å². The summed E-state index contributed by atoms with van der Waals surface area (Å²) in [6.07, 6.45) is 2.49. The summed E-state index contributed by atoms with van der Waals surface area (Å²) in [5, 5.41) is 0.495. The molecule has 0 spiro atoms. The maximum Gasteiger partial charge on any atom is 0.178 e. The van der Waals surface area contributed by atoms with Crippen LogP contribution in [-0.4, -0.2) is 11.3 Å². The van der Waals surface area contributed by atoms with Crippen molar-refractivity contribution in [3.63, 3.8) is 0 Å². The Morgan fingerprint density at radius 2 is 1.81 bits per heavy atom. The molecule has 2 aromatic carbocycles. The first-order valence-electron chi connectivity index (χ1n) is 6.53. The minimum absolute atomic E-state index is 0.495. The van der Waals surface area contributed by atoms with E-state index in [0.29, 0.717) is 11.6 Å². The first-order chi connectivity index (χ1) is 10.3. The van der Waals surface area contributed by atoms with Crippen molar-refractivity contribution in [1.29, 1.82) is 0 Å². The smallest absolute Gasteiger partial charge is 0.178 e. The Bertz CT molecular complexity index is 720. The molecule has 0 unspecified atom stereocenters. The van der Waals surface area contributed by atoms with Crippen molar-refractivity contribution < 1.29 is 9.53 Å². The van der Waals surface area contributed by atoms with Gasteiger partial charge < -0.3 is 4.74 Å². The Labute approximate surface area is 126 Å². The molecule has 0 N–H and O–H groups in total. The van der Waals surface area contributed by atoms with Gasteiger partial charge in [-0.3, -0.25) is 4.79 Å². The molecule has 4 heteroatoms. The van der Waals surface area contributed by atoms with E-state index >= 15 is 0 Å². The average molecular weight is 295 g/mol. The Morgan fingerprint density at radius 1 is 1.05 bits per heavy atom. The second kappa shape index (κ2) is 6.33. The summed E-state index contributed by atoms with van der Waals surface area (Å²) in [7, 11) is 0. The van der Waals surface area contributed by atoms with Gasteiger partial charge in [-0.15, -0.1) is 11.3 Å². The van der Waals surface area contributed by atoms with Crippen LogP contribution in [-0.2, 0) is 6.61 Å². The lowest BCUT2D eigenvalue weighted by atomic mass is 10.2. The van der Waals surface area contributed by atoms with Crippen LogP contribution >= 0.6 is 11.3 Å². The van der Waals surface area contributed by atoms with E-state index in [1.807, 2.05) is 54.6 Å². The van der Waals surface area contributed by atoms with Crippen LogP contribution in [0.4, 0.5) is 0 Å². The number of hydrogen-bond donors (Lipinski definition) is 0. The van der Waals surface area contributed by atoms with Crippen molar-refractivity contribution in [2.24, 2.45) is 0 Å². The summed E-state index contributed by atoms with van der Waals surface area (Å²) in [6, 6.07) is 17.9. The van der Waals surface area contributed by atoms with E-state index in [1.54, 1.807) is 6.20 Å². The van der Waals surface area contributed by atoms with Gasteiger partial charge in [-0.1, -0.05) is 30.3 Å². The van der Waals surface area contributed by atoms with Gasteiger partial charge in [0.15, 0.2) is 11.3 Å². The summed E-state index contributed by atoms with van der Waals surface area (Å²) >= 11 is 1.38. The van der Waals surface area contributed by atoms with Crippen molar-refractivity contribution in [3.05, 3.63) is 71.4 Å². The van der Waals surface area contributed by atoms with E-state index in [0.717, 1.165) is 28.0 Å². The molecule has 0 aliphatic carbocycles. The zero-order valence-electron chi connectivity index (χ0n) is 11.2. The van der Waals surface area contributed by atoms with Crippen LogP contribution in [0.1, 0.15) is 15.4 Å². The maximum absolute atomic E-state index is 10.7. The fourth-order valence-electron chi connectivity index (χ4n) is 1.93. The summed E-state index contributed by atoms with van der Waals surface area (Å²) in [5.74, 6) is 0.822. The SMILES string of the molecule is O=Cc1ncc(-c2ccc(OCc3ccccc3)cc2)s1. The molecule has 1 aromatic heterocycles. The van der Waals surface area contributed by atoms with Gasteiger partial charge in [0.2, 0.25) is 0 Å². The molecular formula is C17H13NO2S. The third-order valence-corrected chi connectivity index (χ3v) is 3.98. The number of nitrogens with zero attached hydrogens (tertiary/aromatic N) is 1. The monoisotopic (exact) mass is 295 g/mol. The number of aromatic nitrogens is 1. The number of rotatable bonds is 5. The molecule has 1 heterocycles. The molecule has 0 fully saturated rings. The van der Waals surface area contributed by atoms with Gasteiger partial charge in [0.1, 0.15) is 12.4 Å². The van der Waals surface area contributed by atoms with Crippen LogP contribution in [0.3, 0.4) is 0 Å². The van der Waals surface area contributed by atoms with Gasteiger partial charge in [0.05, 0.1) is 4.88 Å². The summed E-state index contributed by atoms with van der Waals surface area (Å²) in [5.41, 5.74) is 2.17. The molecule has 0 aliphatic heterocycles. The number of benzene rings is 2. The van der Waals surface area contributed by atoms with Crippen LogP contribution in [0.15, 0.2) is 60.8 Å². The molecule has 104 valence electrons. The van der Waals surface area contributed by atoms with Crippen LogP contribution in [0.5, 0.6) is 5.75 Å². The number of aldehydes is 1. The highest BCUT2D eigenvalue weighted by Gasteiger charge is 2.04. The van der Waals surface area contributed by atoms with E-state index in [-0.39, 0.29) is 0 Å². The molecule has 3 nitrogen and oxygen atoms in total. The van der Waals surface area contributed by atoms with Crippen LogP contribution in [0, 0.1) is 0 Å². The molecule has 3 rings (SSSR count). The summed E-state index contributed by atoms with van der Waals surface area (Å²) in [4.78, 5) is 15.7. The summed E-state index contributed by atoms with van der Waals surface area (Å²) in [6.45, 7) is 0.552. The van der Waals surface area contributed by atoms with Gasteiger partial charge in [0, 0.05) is 6.20 Å². The average Bonchev–Trinajstić information content (AvgIpc) is 3.03. The molecule has 3 aromatic rings. The van der Waals surface area contributed by atoms with Crippen LogP contribution in [0.2, 0.25) is 0 Å². The first kappa shape index (κ1) is 13.5. The van der Waals surface area contributed by atoms with Gasteiger partial charge in [-0.05, 0) is 35.4 Å². The predicted octanol–water partition coefficient (Wildman–Crippen LogP) is 4.20. The zero-order chi connectivity index (χ0) is 14.5. The second-order valence-corrected chi connectivity index (χ2v) is 5.54. The second-order valence-electron chi connectivity index (χ2n) is 4.48. The zero-order valence-corrected chi connectivity index (χ0v) is 12.0. The molecule has 21 heavy (non-hydrogen) atoms. The quantitative estimate of drug-likeness (QED) is 0.662. The lowest BCUT2D eigenvalue weighted by Crippen LogP contribution is -1.94. The lowest BCUT2D eigenvalue weighted by molar-refractivity contribution is 0.112. The lowest BCUT2D eigenvalue weighted by Gasteiger charge is -2.06. The number of ether oxygens (including phenoxy) is 1. The first-order valence-corrected chi connectivity index (χ1v) is 7.35. The highest BCUT2D eigenvalue weighted by Crippen LogP contribution is 2.27. The van der Waals surface area contributed by atoms with Gasteiger partial charge >= 0.3 is 0 Å². The molecule has 0 saturated heterocycles. The molecule has 0 atom stereocenters. The molecular weight excluding hydrogens is 282 g/mol. The maximum atomic E-state index is 10.7. The highest BCUT2D eigenvalue weighted by atomic mass is 32.1. The fourth-order valence-corrected chi connectivity index (χ4v) is 2.67. The Hall–Kier alpha value is -2.46. The predicted molar refractivity (Wildman–Crippen MR) is 83.7 cm³/mol. The van der Waals surface area contributed by atoms with E-state index < -0.39 is 0 Å². The number of carbonyl (C=O) groups is 1. The van der Waals surface area contributed by atoms with Gasteiger partial charge in [-0.25, -0.2) is 4.98 Å². The number of hydrogen-bond acceptors (Lipinski definition) is 4. The van der Waals surface area contributed by atoms with Crippen molar-refractivity contribution in [2.45, 2.75) is 6.61 Å². The Balaban J connectivity index is 1.68. The van der Waals surface area contributed by atoms with Crippen molar-refractivity contribution in [2.75, 3.05) is 0 Å². The van der Waals surface area contributed by atoms with Gasteiger partial charge in [-0.2, -0.15) is 0 Å². The van der Waals surface area contributed by atoms with E-state index in [4.69, 9.17) is 4.74 Å². The number of carbonyl (C=O) groups excluding carboxylic acids is 1. The van der Waals surface area contributed by atoms with E-state index in [2.05, 4.69) is 4.98 Å². The topological polar surface area (TPSA) is 39.2 Å². The molecule has 0 bridgehead atoms. The van der Waals surface area contributed by atoms with Crippen molar-refractivity contribution in [3.8, 4) is 16.2 Å². The number of thiazole rings is 1.